The van der Waals surface area contributed by atoms with Crippen molar-refractivity contribution >= 4 is 17.1 Å². The van der Waals surface area contributed by atoms with Gasteiger partial charge >= 0.3 is 5.97 Å². The van der Waals surface area contributed by atoms with Gasteiger partial charge in [0.1, 0.15) is 11.5 Å². The molecule has 76 valence electrons. The van der Waals surface area contributed by atoms with Crippen LogP contribution in [0.15, 0.2) is 29.2 Å². The summed E-state index contributed by atoms with van der Waals surface area (Å²) in [6.45, 7) is 0. The highest BCUT2D eigenvalue weighted by molar-refractivity contribution is 7.91. The highest BCUT2D eigenvalue weighted by atomic mass is 32.2. The van der Waals surface area contributed by atoms with Crippen molar-refractivity contribution in [2.24, 2.45) is 0 Å². The minimum atomic E-state index is -1.30. The van der Waals surface area contributed by atoms with Crippen LogP contribution in [-0.4, -0.2) is 26.5 Å². The number of carbonyl (C=O) groups is 1. The Bertz CT molecular complexity index is 309. The van der Waals surface area contributed by atoms with E-state index in [0.29, 0.717) is 4.90 Å². The minimum absolute atomic E-state index is 0.0973. The van der Waals surface area contributed by atoms with E-state index < -0.39 is 17.1 Å². The Kier molecular flexibility index (Phi) is 3.79. The van der Waals surface area contributed by atoms with Crippen LogP contribution in [0.5, 0.6) is 5.75 Å². The average molecular weight is 214 g/mol. The van der Waals surface area contributed by atoms with Gasteiger partial charge in [0, 0.05) is 0 Å². The van der Waals surface area contributed by atoms with E-state index in [4.69, 9.17) is 10.2 Å². The second-order valence-electron chi connectivity index (χ2n) is 2.69. The molecule has 0 spiro atoms. The minimum Gasteiger partial charge on any atom is -0.611 e. The Hall–Kier alpha value is -1.20. The van der Waals surface area contributed by atoms with Crippen LogP contribution in [0.4, 0.5) is 0 Å². The zero-order chi connectivity index (χ0) is 10.6. The van der Waals surface area contributed by atoms with E-state index in [1.165, 1.54) is 24.3 Å². The Morgan fingerprint density at radius 1 is 1.36 bits per heavy atom. The molecule has 1 aromatic carbocycles. The van der Waals surface area contributed by atoms with Gasteiger partial charge in [-0.3, -0.25) is 4.79 Å². The molecule has 0 bridgehead atoms. The number of carboxylic acids is 1. The van der Waals surface area contributed by atoms with Gasteiger partial charge in [-0.1, -0.05) is 0 Å². The second kappa shape index (κ2) is 4.88. The van der Waals surface area contributed by atoms with Crippen LogP contribution in [0.3, 0.4) is 0 Å². The molecule has 14 heavy (non-hydrogen) atoms. The Labute approximate surface area is 84.4 Å². The zero-order valence-corrected chi connectivity index (χ0v) is 8.16. The van der Waals surface area contributed by atoms with Gasteiger partial charge in [0.05, 0.1) is 6.42 Å². The summed E-state index contributed by atoms with van der Waals surface area (Å²) < 4.78 is 11.4. The maximum atomic E-state index is 11.4. The third-order valence-electron chi connectivity index (χ3n) is 1.60. The number of hydrogen-bond acceptors (Lipinski definition) is 3. The summed E-state index contributed by atoms with van der Waals surface area (Å²) in [6.07, 6.45) is -0.118. The quantitative estimate of drug-likeness (QED) is 0.732. The Morgan fingerprint density at radius 2 is 1.93 bits per heavy atom. The topological polar surface area (TPSA) is 80.6 Å². The SMILES string of the molecule is O=C(O)CC[S+]([O-])c1ccc(O)cc1. The van der Waals surface area contributed by atoms with Gasteiger partial charge in [-0.25, -0.2) is 0 Å². The molecule has 0 aromatic heterocycles. The molecule has 0 fully saturated rings. The summed E-state index contributed by atoms with van der Waals surface area (Å²) in [5.41, 5.74) is 0. The van der Waals surface area contributed by atoms with E-state index in [1.54, 1.807) is 0 Å². The number of benzene rings is 1. The van der Waals surface area contributed by atoms with Crippen LogP contribution in [0, 0.1) is 0 Å². The van der Waals surface area contributed by atoms with Crippen LogP contribution >= 0.6 is 0 Å². The molecule has 0 radical (unpaired) electrons. The summed E-state index contributed by atoms with van der Waals surface area (Å²) in [7, 11) is 0. The second-order valence-corrected chi connectivity index (χ2v) is 4.26. The van der Waals surface area contributed by atoms with Crippen molar-refractivity contribution in [3.05, 3.63) is 24.3 Å². The van der Waals surface area contributed by atoms with E-state index in [9.17, 15) is 9.35 Å². The maximum Gasteiger partial charge on any atom is 0.308 e. The number of hydrogen-bond donors (Lipinski definition) is 2. The third kappa shape index (κ3) is 3.27. The first-order valence-corrected chi connectivity index (χ1v) is 5.30. The smallest absolute Gasteiger partial charge is 0.308 e. The molecule has 1 aromatic rings. The van der Waals surface area contributed by atoms with Crippen molar-refractivity contribution in [1.82, 2.24) is 0 Å². The number of aromatic hydroxyl groups is 1. The van der Waals surface area contributed by atoms with Crippen LogP contribution in [0.25, 0.3) is 0 Å². The van der Waals surface area contributed by atoms with Gasteiger partial charge in [-0.05, 0) is 35.4 Å². The lowest BCUT2D eigenvalue weighted by Crippen LogP contribution is -2.10. The van der Waals surface area contributed by atoms with Gasteiger partial charge in [-0.2, -0.15) is 0 Å². The first kappa shape index (κ1) is 10.9. The zero-order valence-electron chi connectivity index (χ0n) is 7.34. The summed E-state index contributed by atoms with van der Waals surface area (Å²) in [5.74, 6) is -0.763. The summed E-state index contributed by atoms with van der Waals surface area (Å²) in [6, 6.07) is 5.89. The lowest BCUT2D eigenvalue weighted by Gasteiger charge is -2.08. The molecule has 4 nitrogen and oxygen atoms in total. The highest BCUT2D eigenvalue weighted by Crippen LogP contribution is 2.16. The standard InChI is InChI=1S/C9H10O4S/c10-7-1-3-8(4-2-7)14(13)6-5-9(11)12/h1-4,10H,5-6H2,(H,11,12). The summed E-state index contributed by atoms with van der Waals surface area (Å²) in [4.78, 5) is 10.7. The van der Waals surface area contributed by atoms with Crippen molar-refractivity contribution in [2.45, 2.75) is 11.3 Å². The highest BCUT2D eigenvalue weighted by Gasteiger charge is 2.12. The molecule has 0 aliphatic heterocycles. The molecule has 0 saturated heterocycles. The van der Waals surface area contributed by atoms with E-state index in [1.807, 2.05) is 0 Å². The van der Waals surface area contributed by atoms with Crippen molar-refractivity contribution in [3.8, 4) is 5.75 Å². The molecular weight excluding hydrogens is 204 g/mol. The monoisotopic (exact) mass is 214 g/mol. The largest absolute Gasteiger partial charge is 0.611 e. The van der Waals surface area contributed by atoms with E-state index in [0.717, 1.165) is 0 Å². The summed E-state index contributed by atoms with van der Waals surface area (Å²) >= 11 is -1.30. The third-order valence-corrected chi connectivity index (χ3v) is 2.97. The van der Waals surface area contributed by atoms with Crippen LogP contribution < -0.4 is 0 Å². The molecule has 0 aliphatic rings. The molecule has 0 amide bonds. The molecule has 1 atom stereocenters. The Balaban J connectivity index is 2.56. The van der Waals surface area contributed by atoms with Crippen molar-refractivity contribution < 1.29 is 19.6 Å². The van der Waals surface area contributed by atoms with Crippen molar-refractivity contribution in [2.75, 3.05) is 5.75 Å². The fraction of sp³-hybridized carbons (Fsp3) is 0.222. The fourth-order valence-electron chi connectivity index (χ4n) is 0.896. The molecule has 0 saturated carbocycles. The van der Waals surface area contributed by atoms with Crippen LogP contribution in [0.2, 0.25) is 0 Å². The molecule has 2 N–H and O–H groups in total. The first-order valence-electron chi connectivity index (χ1n) is 3.99. The molecular formula is C9H10O4S. The van der Waals surface area contributed by atoms with E-state index in [2.05, 4.69) is 0 Å². The van der Waals surface area contributed by atoms with Gasteiger partial charge in [0.15, 0.2) is 4.90 Å². The molecule has 1 rings (SSSR count). The number of phenols is 1. The lowest BCUT2D eigenvalue weighted by molar-refractivity contribution is -0.136. The van der Waals surface area contributed by atoms with Crippen molar-refractivity contribution in [3.63, 3.8) is 0 Å². The number of phenolic OH excluding ortho intramolecular Hbond substituents is 1. The van der Waals surface area contributed by atoms with Gasteiger partial charge in [-0.15, -0.1) is 0 Å². The number of rotatable bonds is 4. The predicted octanol–water partition coefficient (Wildman–Crippen LogP) is 0.975. The van der Waals surface area contributed by atoms with Gasteiger partial charge in [0.2, 0.25) is 0 Å². The number of carboxylic acid groups (broad SMARTS) is 1. The average Bonchev–Trinajstić information content (AvgIpc) is 2.15. The predicted molar refractivity (Wildman–Crippen MR) is 51.6 cm³/mol. The number of aliphatic carboxylic acids is 1. The van der Waals surface area contributed by atoms with Crippen molar-refractivity contribution in [1.29, 1.82) is 0 Å². The molecule has 1 unspecified atom stereocenters. The Morgan fingerprint density at radius 3 is 2.43 bits per heavy atom. The van der Waals surface area contributed by atoms with Gasteiger partial charge < -0.3 is 14.8 Å². The first-order chi connectivity index (χ1) is 6.59. The maximum absolute atomic E-state index is 11.4. The van der Waals surface area contributed by atoms with Gasteiger partial charge in [0.25, 0.3) is 0 Å². The molecule has 5 heteroatoms. The van der Waals surface area contributed by atoms with E-state index in [-0.39, 0.29) is 17.9 Å². The van der Waals surface area contributed by atoms with Crippen LogP contribution in [0.1, 0.15) is 6.42 Å². The molecule has 0 heterocycles. The van der Waals surface area contributed by atoms with Crippen LogP contribution in [-0.2, 0) is 16.0 Å². The normalized spacial score (nSPS) is 12.4. The lowest BCUT2D eigenvalue weighted by atomic mass is 10.3. The molecule has 0 aliphatic carbocycles. The summed E-state index contributed by atoms with van der Waals surface area (Å²) in [5, 5.41) is 17.3. The van der Waals surface area contributed by atoms with E-state index >= 15 is 0 Å². The fourth-order valence-corrected chi connectivity index (χ4v) is 1.93.